The molecule has 3 rings (SSSR count). The Morgan fingerprint density at radius 1 is 0.957 bits per heavy atom. The number of ether oxygens (including phenoxy) is 2. The average molecular weight is 639 g/mol. The number of nitrogens with one attached hydrogen (secondary N) is 2. The van der Waals surface area contributed by atoms with Crippen LogP contribution in [0.1, 0.15) is 65.0 Å². The van der Waals surface area contributed by atoms with E-state index in [-0.39, 0.29) is 41.9 Å². The van der Waals surface area contributed by atoms with Gasteiger partial charge >= 0.3 is 12.1 Å². The molecule has 2 aromatic rings. The summed E-state index contributed by atoms with van der Waals surface area (Å²) in [5, 5.41) is 15.1. The molecule has 12 heteroatoms. The average Bonchev–Trinajstić information content (AvgIpc) is 2.99. The number of carbonyl (C=O) groups is 5. The number of nitrogens with zero attached hydrogens (tertiary/aromatic N) is 1. The van der Waals surface area contributed by atoms with Crippen LogP contribution in [0.25, 0.3) is 0 Å². The maximum atomic E-state index is 13.2. The van der Waals surface area contributed by atoms with Gasteiger partial charge < -0.3 is 35.8 Å². The van der Waals surface area contributed by atoms with E-state index in [2.05, 4.69) is 10.6 Å². The number of benzene rings is 2. The Morgan fingerprint density at radius 2 is 1.59 bits per heavy atom. The summed E-state index contributed by atoms with van der Waals surface area (Å²) in [6, 6.07) is 11.5. The molecule has 0 radical (unpaired) electrons. The largest absolute Gasteiger partial charge is 0.483 e. The molecule has 2 atom stereocenters. The van der Waals surface area contributed by atoms with Crippen molar-refractivity contribution in [2.24, 2.45) is 17.6 Å². The number of nitrogens with two attached hydrogens (primary N) is 1. The molecule has 1 heterocycles. The zero-order chi connectivity index (χ0) is 34.0. The Morgan fingerprint density at radius 3 is 2.15 bits per heavy atom. The lowest BCUT2D eigenvalue weighted by Crippen LogP contribution is -2.53. The van der Waals surface area contributed by atoms with Crippen LogP contribution >= 0.6 is 0 Å². The second kappa shape index (κ2) is 16.1. The summed E-state index contributed by atoms with van der Waals surface area (Å²) in [6.07, 6.45) is 0.668. The van der Waals surface area contributed by atoms with Crippen LogP contribution in [0.15, 0.2) is 48.5 Å². The molecule has 1 aliphatic rings. The number of para-hydroxylation sites is 1. The third-order valence-electron chi connectivity index (χ3n) is 7.75. The maximum Gasteiger partial charge on any atom is 0.415 e. The van der Waals surface area contributed by atoms with Gasteiger partial charge in [-0.05, 0) is 59.9 Å². The lowest BCUT2D eigenvalue weighted by Gasteiger charge is -2.29. The van der Waals surface area contributed by atoms with Crippen LogP contribution < -0.4 is 25.8 Å². The summed E-state index contributed by atoms with van der Waals surface area (Å²) in [6.45, 7) is 10.3. The SMILES string of the molecule is CC(C)C[C@H](NC(=O)COc1ccccc1C(C)(C)C)C(=O)N[C@@H](Cc1ccc(OC(=O)N2CCC(C(N)=O)CC2)cc1)C(=O)O. The number of primary amides is 1. The lowest BCUT2D eigenvalue weighted by molar-refractivity contribution is -0.142. The van der Waals surface area contributed by atoms with Gasteiger partial charge in [-0.1, -0.05) is 65.0 Å². The predicted octanol–water partition coefficient (Wildman–Crippen LogP) is 3.40. The third-order valence-corrected chi connectivity index (χ3v) is 7.75. The topological polar surface area (TPSA) is 177 Å². The Hall–Kier alpha value is -4.61. The van der Waals surface area contributed by atoms with Crippen molar-refractivity contribution in [2.75, 3.05) is 19.7 Å². The number of carboxylic acids is 1. The monoisotopic (exact) mass is 638 g/mol. The first kappa shape index (κ1) is 35.9. The molecule has 4 amide bonds. The summed E-state index contributed by atoms with van der Waals surface area (Å²) in [5.74, 6) is -2.10. The first-order valence-electron chi connectivity index (χ1n) is 15.5. The van der Waals surface area contributed by atoms with Crippen molar-refractivity contribution in [1.82, 2.24) is 15.5 Å². The highest BCUT2D eigenvalue weighted by molar-refractivity contribution is 5.91. The highest BCUT2D eigenvalue weighted by Gasteiger charge is 2.29. The minimum absolute atomic E-state index is 0.0339. The molecule has 2 aromatic carbocycles. The zero-order valence-corrected chi connectivity index (χ0v) is 27.2. The van der Waals surface area contributed by atoms with E-state index in [1.165, 1.54) is 4.90 Å². The molecular weight excluding hydrogens is 592 g/mol. The molecule has 46 heavy (non-hydrogen) atoms. The Kier molecular flexibility index (Phi) is 12.6. The summed E-state index contributed by atoms with van der Waals surface area (Å²) in [4.78, 5) is 63.6. The van der Waals surface area contributed by atoms with Gasteiger partial charge in [-0.3, -0.25) is 14.4 Å². The maximum absolute atomic E-state index is 13.2. The second-order valence-corrected chi connectivity index (χ2v) is 13.1. The van der Waals surface area contributed by atoms with Crippen molar-refractivity contribution in [2.45, 2.75) is 77.8 Å². The minimum atomic E-state index is -1.27. The van der Waals surface area contributed by atoms with Gasteiger partial charge in [0.25, 0.3) is 5.91 Å². The Labute approximate surface area is 270 Å². The molecule has 250 valence electrons. The molecule has 1 saturated heterocycles. The highest BCUT2D eigenvalue weighted by atomic mass is 16.6. The molecule has 0 spiro atoms. The number of hydrogen-bond donors (Lipinski definition) is 4. The van der Waals surface area contributed by atoms with E-state index in [1.807, 2.05) is 52.8 Å². The van der Waals surface area contributed by atoms with Gasteiger partial charge in [0, 0.05) is 25.4 Å². The molecular formula is C34H46N4O8. The number of carbonyl (C=O) groups excluding carboxylic acids is 4. The Balaban J connectivity index is 1.57. The molecule has 5 N–H and O–H groups in total. The van der Waals surface area contributed by atoms with Crippen LogP contribution in [-0.4, -0.2) is 71.6 Å². The summed E-state index contributed by atoms with van der Waals surface area (Å²) >= 11 is 0. The Bertz CT molecular complexity index is 1380. The fourth-order valence-corrected chi connectivity index (χ4v) is 5.21. The highest BCUT2D eigenvalue weighted by Crippen LogP contribution is 2.31. The molecule has 0 saturated carbocycles. The van der Waals surface area contributed by atoms with Gasteiger partial charge in [-0.15, -0.1) is 0 Å². The van der Waals surface area contributed by atoms with E-state index < -0.39 is 36.0 Å². The van der Waals surface area contributed by atoms with Crippen LogP contribution in [0.2, 0.25) is 0 Å². The number of aliphatic carboxylic acids is 1. The van der Waals surface area contributed by atoms with Crippen molar-refractivity contribution in [3.63, 3.8) is 0 Å². The summed E-state index contributed by atoms with van der Waals surface area (Å²) in [5.41, 5.74) is 6.68. The van der Waals surface area contributed by atoms with Crippen LogP contribution in [-0.2, 0) is 31.0 Å². The van der Waals surface area contributed by atoms with Gasteiger partial charge in [0.05, 0.1) is 0 Å². The number of hydrogen-bond acceptors (Lipinski definition) is 7. The van der Waals surface area contributed by atoms with E-state index in [1.54, 1.807) is 30.3 Å². The number of carboxylic acid groups (broad SMARTS) is 1. The van der Waals surface area contributed by atoms with Crippen LogP contribution in [0.3, 0.4) is 0 Å². The molecule has 0 bridgehead atoms. The van der Waals surface area contributed by atoms with Crippen molar-refractivity contribution >= 4 is 29.8 Å². The molecule has 1 aliphatic heterocycles. The molecule has 1 fully saturated rings. The first-order valence-corrected chi connectivity index (χ1v) is 15.5. The minimum Gasteiger partial charge on any atom is -0.483 e. The number of piperidine rings is 1. The zero-order valence-electron chi connectivity index (χ0n) is 27.2. The van der Waals surface area contributed by atoms with Gasteiger partial charge in [0.15, 0.2) is 6.61 Å². The third kappa shape index (κ3) is 10.8. The van der Waals surface area contributed by atoms with Crippen molar-refractivity contribution in [3.8, 4) is 11.5 Å². The van der Waals surface area contributed by atoms with Crippen molar-refractivity contribution in [1.29, 1.82) is 0 Å². The normalized spacial score (nSPS) is 15.0. The quantitative estimate of drug-likeness (QED) is 0.258. The van der Waals surface area contributed by atoms with Gasteiger partial charge in [0.1, 0.15) is 23.6 Å². The fourth-order valence-electron chi connectivity index (χ4n) is 5.21. The van der Waals surface area contributed by atoms with E-state index in [0.29, 0.717) is 43.7 Å². The second-order valence-electron chi connectivity index (χ2n) is 13.1. The number of rotatable bonds is 13. The van der Waals surface area contributed by atoms with Crippen LogP contribution in [0.4, 0.5) is 4.79 Å². The number of amides is 4. The predicted molar refractivity (Wildman–Crippen MR) is 171 cm³/mol. The van der Waals surface area contributed by atoms with Crippen LogP contribution in [0, 0.1) is 11.8 Å². The van der Waals surface area contributed by atoms with Gasteiger partial charge in [0.2, 0.25) is 11.8 Å². The standard InChI is InChI=1S/C34H46N4O8/c1-21(2)18-26(36-29(39)20-45-28-9-7-6-8-25(28)34(3,4)5)31(41)37-27(32(42)43)19-22-10-12-24(13-11-22)46-33(44)38-16-14-23(15-17-38)30(35)40/h6-13,21,23,26-27H,14-20H2,1-5H3,(H2,35,40)(H,36,39)(H,37,41)(H,42,43)/t26-,27-/m0/s1. The fraction of sp³-hybridized carbons (Fsp3) is 0.500. The van der Waals surface area contributed by atoms with Gasteiger partial charge in [-0.2, -0.15) is 0 Å². The smallest absolute Gasteiger partial charge is 0.415 e. The van der Waals surface area contributed by atoms with Crippen LogP contribution in [0.5, 0.6) is 11.5 Å². The van der Waals surface area contributed by atoms with E-state index >= 15 is 0 Å². The van der Waals surface area contributed by atoms with E-state index in [0.717, 1.165) is 5.56 Å². The van der Waals surface area contributed by atoms with E-state index in [9.17, 15) is 29.1 Å². The van der Waals surface area contributed by atoms with Gasteiger partial charge in [-0.25, -0.2) is 9.59 Å². The lowest BCUT2D eigenvalue weighted by atomic mass is 9.86. The molecule has 12 nitrogen and oxygen atoms in total. The molecule has 0 aliphatic carbocycles. The first-order chi connectivity index (χ1) is 21.6. The molecule has 0 unspecified atom stereocenters. The summed E-state index contributed by atoms with van der Waals surface area (Å²) in [7, 11) is 0. The van der Waals surface area contributed by atoms with Crippen molar-refractivity contribution < 1.29 is 38.6 Å². The van der Waals surface area contributed by atoms with E-state index in [4.69, 9.17) is 15.2 Å². The summed E-state index contributed by atoms with van der Waals surface area (Å²) < 4.78 is 11.2. The number of likely N-dealkylation sites (tertiary alicyclic amines) is 1. The van der Waals surface area contributed by atoms with Crippen molar-refractivity contribution in [3.05, 3.63) is 59.7 Å². The molecule has 0 aromatic heterocycles.